The molecule has 2 amide bonds. The van der Waals surface area contributed by atoms with Crippen molar-refractivity contribution in [2.45, 2.75) is 45.8 Å². The lowest BCUT2D eigenvalue weighted by Gasteiger charge is -2.26. The molecule has 0 radical (unpaired) electrons. The molecule has 1 N–H and O–H groups in total. The number of hydrogen-bond donors (Lipinski definition) is 1. The number of ether oxygens (including phenoxy) is 1. The van der Waals surface area contributed by atoms with E-state index in [9.17, 15) is 14.4 Å². The molecule has 0 bridgehead atoms. The second-order valence-electron chi connectivity index (χ2n) is 8.65. The zero-order valence-corrected chi connectivity index (χ0v) is 19.9. The predicted molar refractivity (Wildman–Crippen MR) is 123 cm³/mol. The summed E-state index contributed by atoms with van der Waals surface area (Å²) < 4.78 is 7.70. The van der Waals surface area contributed by atoms with Gasteiger partial charge in [0.25, 0.3) is 11.5 Å². The summed E-state index contributed by atoms with van der Waals surface area (Å²) in [6.45, 7) is 7.14. The number of pyridine rings is 1. The standard InChI is InChI=1S/C23H28BrN3O4/c1-23(2,3)31-22(30)26-9-7-16-6-5-15(11-17(16)8-10-26)13-27-14-18(24)12-19(21(27)29)20(28)25-4/h5-6,11-12,14H,7-10,13H2,1-4H3,(H,25,28). The Morgan fingerprint density at radius 2 is 1.81 bits per heavy atom. The molecule has 166 valence electrons. The summed E-state index contributed by atoms with van der Waals surface area (Å²) in [6.07, 6.45) is 2.87. The van der Waals surface area contributed by atoms with Crippen LogP contribution in [0.3, 0.4) is 0 Å². The molecule has 1 aliphatic rings. The van der Waals surface area contributed by atoms with Crippen molar-refractivity contribution in [1.29, 1.82) is 0 Å². The van der Waals surface area contributed by atoms with Crippen LogP contribution in [0.4, 0.5) is 4.79 Å². The number of carbonyl (C=O) groups excluding carboxylic acids is 2. The van der Waals surface area contributed by atoms with E-state index in [0.29, 0.717) is 24.1 Å². The zero-order chi connectivity index (χ0) is 22.8. The van der Waals surface area contributed by atoms with Crippen LogP contribution >= 0.6 is 15.9 Å². The molecule has 0 atom stereocenters. The molecule has 2 heterocycles. The molecule has 1 aromatic carbocycles. The van der Waals surface area contributed by atoms with Crippen molar-refractivity contribution < 1.29 is 14.3 Å². The number of hydrogen-bond acceptors (Lipinski definition) is 4. The summed E-state index contributed by atoms with van der Waals surface area (Å²) in [6, 6.07) is 7.67. The number of fused-ring (bicyclic) bond motifs is 1. The van der Waals surface area contributed by atoms with E-state index in [-0.39, 0.29) is 17.2 Å². The van der Waals surface area contributed by atoms with Gasteiger partial charge in [-0.3, -0.25) is 9.59 Å². The van der Waals surface area contributed by atoms with Gasteiger partial charge >= 0.3 is 6.09 Å². The van der Waals surface area contributed by atoms with E-state index in [1.165, 1.54) is 23.2 Å². The Labute approximate surface area is 190 Å². The normalized spacial score (nSPS) is 13.9. The van der Waals surface area contributed by atoms with Crippen LogP contribution in [0.1, 0.15) is 47.8 Å². The summed E-state index contributed by atoms with van der Waals surface area (Å²) in [5.74, 6) is -0.413. The van der Waals surface area contributed by atoms with Crippen molar-refractivity contribution in [3.05, 3.63) is 67.5 Å². The number of nitrogens with zero attached hydrogens (tertiary/aromatic N) is 2. The minimum atomic E-state index is -0.520. The lowest BCUT2D eigenvalue weighted by atomic mass is 10.00. The van der Waals surface area contributed by atoms with Crippen molar-refractivity contribution in [2.24, 2.45) is 0 Å². The average molecular weight is 490 g/mol. The highest BCUT2D eigenvalue weighted by molar-refractivity contribution is 9.10. The maximum absolute atomic E-state index is 12.7. The predicted octanol–water partition coefficient (Wildman–Crippen LogP) is 3.35. The number of benzene rings is 1. The Balaban J connectivity index is 1.79. The van der Waals surface area contributed by atoms with Crippen molar-refractivity contribution in [3.63, 3.8) is 0 Å². The quantitative estimate of drug-likeness (QED) is 0.716. The Hall–Kier alpha value is -2.61. The monoisotopic (exact) mass is 489 g/mol. The van der Waals surface area contributed by atoms with E-state index in [0.717, 1.165) is 24.0 Å². The SMILES string of the molecule is CNC(=O)c1cc(Br)cn(Cc2ccc3c(c2)CCN(C(=O)OC(C)(C)C)CC3)c1=O. The Bertz CT molecular complexity index is 1060. The second-order valence-corrected chi connectivity index (χ2v) is 9.57. The van der Waals surface area contributed by atoms with Gasteiger partial charge in [0.15, 0.2) is 0 Å². The van der Waals surface area contributed by atoms with E-state index in [1.807, 2.05) is 26.8 Å². The lowest BCUT2D eigenvalue weighted by Crippen LogP contribution is -2.38. The van der Waals surface area contributed by atoms with Crippen LogP contribution in [0.25, 0.3) is 0 Å². The Morgan fingerprint density at radius 1 is 1.13 bits per heavy atom. The first kappa shape index (κ1) is 23.1. The van der Waals surface area contributed by atoms with E-state index in [4.69, 9.17) is 4.74 Å². The fraction of sp³-hybridized carbons (Fsp3) is 0.435. The molecule has 7 nitrogen and oxygen atoms in total. The first-order valence-corrected chi connectivity index (χ1v) is 11.1. The van der Waals surface area contributed by atoms with Crippen LogP contribution < -0.4 is 10.9 Å². The van der Waals surface area contributed by atoms with Gasteiger partial charge in [0, 0.05) is 30.8 Å². The molecule has 0 fully saturated rings. The van der Waals surface area contributed by atoms with Gasteiger partial charge in [-0.05, 0) is 72.3 Å². The molecule has 3 rings (SSSR count). The van der Waals surface area contributed by atoms with Crippen LogP contribution in [0, 0.1) is 0 Å². The van der Waals surface area contributed by atoms with Crippen LogP contribution in [0.2, 0.25) is 0 Å². The van der Waals surface area contributed by atoms with Gasteiger partial charge in [-0.15, -0.1) is 0 Å². The van der Waals surface area contributed by atoms with E-state index < -0.39 is 11.5 Å². The van der Waals surface area contributed by atoms with Crippen molar-refractivity contribution >= 4 is 27.9 Å². The van der Waals surface area contributed by atoms with Crippen molar-refractivity contribution in [2.75, 3.05) is 20.1 Å². The fourth-order valence-corrected chi connectivity index (χ4v) is 4.07. The third kappa shape index (κ3) is 5.76. The highest BCUT2D eigenvalue weighted by atomic mass is 79.9. The molecule has 0 spiro atoms. The summed E-state index contributed by atoms with van der Waals surface area (Å²) in [5.41, 5.74) is 2.56. The smallest absolute Gasteiger partial charge is 0.410 e. The zero-order valence-electron chi connectivity index (χ0n) is 18.3. The van der Waals surface area contributed by atoms with E-state index >= 15 is 0 Å². The molecule has 1 aliphatic heterocycles. The number of nitrogens with one attached hydrogen (secondary N) is 1. The molecule has 8 heteroatoms. The molecule has 0 aliphatic carbocycles. The van der Waals surface area contributed by atoms with Crippen LogP contribution in [0.5, 0.6) is 0 Å². The van der Waals surface area contributed by atoms with Gasteiger partial charge in [-0.1, -0.05) is 18.2 Å². The molecule has 2 aromatic rings. The summed E-state index contributed by atoms with van der Waals surface area (Å²) in [7, 11) is 1.50. The molecular formula is C23H28BrN3O4. The van der Waals surface area contributed by atoms with Crippen molar-refractivity contribution in [1.82, 2.24) is 14.8 Å². The van der Waals surface area contributed by atoms with Gasteiger partial charge < -0.3 is 19.5 Å². The number of carbonyl (C=O) groups is 2. The van der Waals surface area contributed by atoms with Crippen LogP contribution in [-0.2, 0) is 24.1 Å². The Morgan fingerprint density at radius 3 is 2.45 bits per heavy atom. The topological polar surface area (TPSA) is 80.6 Å². The number of rotatable bonds is 3. The third-order valence-corrected chi connectivity index (χ3v) is 5.54. The van der Waals surface area contributed by atoms with Crippen LogP contribution in [0.15, 0.2) is 39.7 Å². The van der Waals surface area contributed by atoms with Crippen LogP contribution in [-0.4, -0.2) is 47.2 Å². The molecule has 0 saturated heterocycles. The average Bonchev–Trinajstić information content (AvgIpc) is 2.91. The Kier molecular flexibility index (Phi) is 6.89. The second kappa shape index (κ2) is 9.26. The first-order valence-electron chi connectivity index (χ1n) is 10.3. The minimum Gasteiger partial charge on any atom is -0.444 e. The highest BCUT2D eigenvalue weighted by Crippen LogP contribution is 2.20. The fourth-order valence-electron chi connectivity index (χ4n) is 3.60. The molecule has 1 aromatic heterocycles. The van der Waals surface area contributed by atoms with Crippen molar-refractivity contribution in [3.8, 4) is 0 Å². The minimum absolute atomic E-state index is 0.0969. The number of aromatic nitrogens is 1. The van der Waals surface area contributed by atoms with E-state index in [1.54, 1.807) is 11.1 Å². The maximum atomic E-state index is 12.7. The number of amides is 2. The molecule has 0 unspecified atom stereocenters. The summed E-state index contributed by atoms with van der Waals surface area (Å²) in [5, 5.41) is 2.50. The first-order chi connectivity index (χ1) is 14.6. The van der Waals surface area contributed by atoms with Gasteiger partial charge in [-0.25, -0.2) is 4.79 Å². The summed E-state index contributed by atoms with van der Waals surface area (Å²) in [4.78, 5) is 38.9. The summed E-state index contributed by atoms with van der Waals surface area (Å²) >= 11 is 3.38. The van der Waals surface area contributed by atoms with Gasteiger partial charge in [0.05, 0.1) is 6.54 Å². The molecule has 0 saturated carbocycles. The largest absolute Gasteiger partial charge is 0.444 e. The molecule has 31 heavy (non-hydrogen) atoms. The third-order valence-electron chi connectivity index (χ3n) is 5.10. The lowest BCUT2D eigenvalue weighted by molar-refractivity contribution is 0.0258. The molecular weight excluding hydrogens is 462 g/mol. The number of halogens is 1. The van der Waals surface area contributed by atoms with E-state index in [2.05, 4.69) is 33.4 Å². The maximum Gasteiger partial charge on any atom is 0.410 e. The van der Waals surface area contributed by atoms with Gasteiger partial charge in [-0.2, -0.15) is 0 Å². The highest BCUT2D eigenvalue weighted by Gasteiger charge is 2.24. The van der Waals surface area contributed by atoms with Gasteiger partial charge in [0.1, 0.15) is 11.2 Å². The van der Waals surface area contributed by atoms with Gasteiger partial charge in [0.2, 0.25) is 0 Å².